The summed E-state index contributed by atoms with van der Waals surface area (Å²) >= 11 is 6.07. The highest BCUT2D eigenvalue weighted by molar-refractivity contribution is 6.31. The van der Waals surface area contributed by atoms with Crippen molar-refractivity contribution in [3.05, 3.63) is 52.5 Å². The minimum atomic E-state index is -0.497. The molecule has 0 amide bonds. The number of methoxy groups -OCH3 is 1. The molecule has 0 bridgehead atoms. The molecule has 0 atom stereocenters. The predicted octanol–water partition coefficient (Wildman–Crippen LogP) is 4.06. The molecular formula is C16H16ClNO3. The maximum atomic E-state index is 11.6. The molecule has 0 heterocycles. The first-order valence-corrected chi connectivity index (χ1v) is 6.87. The van der Waals surface area contributed by atoms with Crippen LogP contribution in [0, 0.1) is 0 Å². The van der Waals surface area contributed by atoms with E-state index in [0.717, 1.165) is 12.0 Å². The minimum Gasteiger partial charge on any atom is -0.465 e. The lowest BCUT2D eigenvalue weighted by Crippen LogP contribution is -2.06. The van der Waals surface area contributed by atoms with Crippen LogP contribution in [-0.4, -0.2) is 13.1 Å². The third-order valence-electron chi connectivity index (χ3n) is 3.10. The van der Waals surface area contributed by atoms with Crippen LogP contribution in [0.15, 0.2) is 36.4 Å². The second-order valence-corrected chi connectivity index (χ2v) is 4.82. The molecule has 0 spiro atoms. The summed E-state index contributed by atoms with van der Waals surface area (Å²) in [5.74, 6) is 0.524. The molecule has 4 nitrogen and oxygen atoms in total. The van der Waals surface area contributed by atoms with Gasteiger partial charge < -0.3 is 15.2 Å². The topological polar surface area (TPSA) is 61.5 Å². The lowest BCUT2D eigenvalue weighted by Gasteiger charge is -2.12. The van der Waals surface area contributed by atoms with Crippen LogP contribution >= 0.6 is 11.6 Å². The van der Waals surface area contributed by atoms with E-state index in [0.29, 0.717) is 16.5 Å². The van der Waals surface area contributed by atoms with Crippen molar-refractivity contribution in [3.63, 3.8) is 0 Å². The Labute approximate surface area is 128 Å². The summed E-state index contributed by atoms with van der Waals surface area (Å²) in [7, 11) is 1.31. The quantitative estimate of drug-likeness (QED) is 0.683. The number of halogens is 1. The third kappa shape index (κ3) is 3.28. The van der Waals surface area contributed by atoms with Crippen molar-refractivity contribution in [2.75, 3.05) is 12.8 Å². The highest BCUT2D eigenvalue weighted by Gasteiger charge is 2.14. The number of carbonyl (C=O) groups is 1. The molecule has 2 N–H and O–H groups in total. The number of hydrogen-bond donors (Lipinski definition) is 1. The van der Waals surface area contributed by atoms with Gasteiger partial charge in [-0.3, -0.25) is 0 Å². The Morgan fingerprint density at radius 1 is 1.29 bits per heavy atom. The van der Waals surface area contributed by atoms with Crippen molar-refractivity contribution >= 4 is 23.3 Å². The van der Waals surface area contributed by atoms with Gasteiger partial charge in [-0.15, -0.1) is 0 Å². The molecule has 2 rings (SSSR count). The smallest absolute Gasteiger partial charge is 0.340 e. The number of ether oxygens (including phenoxy) is 2. The number of hydrogen-bond acceptors (Lipinski definition) is 4. The normalized spacial score (nSPS) is 10.2. The van der Waals surface area contributed by atoms with Crippen LogP contribution in [0.4, 0.5) is 5.69 Å². The fraction of sp³-hybridized carbons (Fsp3) is 0.188. The molecule has 0 aliphatic heterocycles. The molecule has 0 saturated carbocycles. The van der Waals surface area contributed by atoms with Gasteiger partial charge in [0, 0.05) is 5.02 Å². The van der Waals surface area contributed by atoms with E-state index in [2.05, 4.69) is 4.74 Å². The monoisotopic (exact) mass is 305 g/mol. The molecule has 2 aromatic rings. The molecule has 5 heteroatoms. The van der Waals surface area contributed by atoms with Gasteiger partial charge in [0.15, 0.2) is 5.75 Å². The number of benzene rings is 2. The van der Waals surface area contributed by atoms with Gasteiger partial charge in [-0.2, -0.15) is 0 Å². The number of nitrogens with two attached hydrogens (primary N) is 1. The fourth-order valence-electron chi connectivity index (χ4n) is 1.93. The highest BCUT2D eigenvalue weighted by atomic mass is 35.5. The van der Waals surface area contributed by atoms with Crippen LogP contribution in [0.5, 0.6) is 11.5 Å². The maximum absolute atomic E-state index is 11.6. The molecular weight excluding hydrogens is 290 g/mol. The highest BCUT2D eigenvalue weighted by Crippen LogP contribution is 2.32. The lowest BCUT2D eigenvalue weighted by molar-refractivity contribution is 0.0601. The van der Waals surface area contributed by atoms with Gasteiger partial charge in [0.25, 0.3) is 0 Å². The Bertz CT molecular complexity index is 671. The average molecular weight is 306 g/mol. The van der Waals surface area contributed by atoms with E-state index in [-0.39, 0.29) is 11.3 Å². The molecule has 0 radical (unpaired) electrons. The third-order valence-corrected chi connectivity index (χ3v) is 3.47. The molecule has 0 aromatic heterocycles. The molecule has 2 aromatic carbocycles. The van der Waals surface area contributed by atoms with Gasteiger partial charge in [-0.25, -0.2) is 4.79 Å². The van der Waals surface area contributed by atoms with Crippen LogP contribution in [-0.2, 0) is 11.2 Å². The Morgan fingerprint density at radius 3 is 2.71 bits per heavy atom. The second kappa shape index (κ2) is 6.50. The number of rotatable bonds is 4. The van der Waals surface area contributed by atoms with E-state index in [4.69, 9.17) is 22.1 Å². The summed E-state index contributed by atoms with van der Waals surface area (Å²) in [4.78, 5) is 11.6. The number of nitrogen functional groups attached to an aromatic ring is 1. The lowest BCUT2D eigenvalue weighted by atomic mass is 10.1. The van der Waals surface area contributed by atoms with Gasteiger partial charge in [0.2, 0.25) is 0 Å². The molecule has 0 aliphatic rings. The Kier molecular flexibility index (Phi) is 4.70. The zero-order chi connectivity index (χ0) is 15.4. The maximum Gasteiger partial charge on any atom is 0.340 e. The minimum absolute atomic E-state index is 0.248. The zero-order valence-electron chi connectivity index (χ0n) is 11.9. The zero-order valence-corrected chi connectivity index (χ0v) is 12.6. The van der Waals surface area contributed by atoms with E-state index < -0.39 is 5.97 Å². The number of esters is 1. The number of aryl methyl sites for hydroxylation is 1. The van der Waals surface area contributed by atoms with E-state index in [9.17, 15) is 4.79 Å². The molecule has 0 fully saturated rings. The van der Waals surface area contributed by atoms with Gasteiger partial charge in [0.1, 0.15) is 5.75 Å². The summed E-state index contributed by atoms with van der Waals surface area (Å²) in [5, 5.41) is 0.695. The Hall–Kier alpha value is -2.20. The van der Waals surface area contributed by atoms with Crippen LogP contribution in [0.3, 0.4) is 0 Å². The second-order valence-electron chi connectivity index (χ2n) is 4.42. The van der Waals surface area contributed by atoms with Crippen molar-refractivity contribution in [2.24, 2.45) is 0 Å². The summed E-state index contributed by atoms with van der Waals surface area (Å²) in [6, 6.07) is 10.4. The number of carbonyl (C=O) groups excluding carboxylic acids is 1. The molecule has 0 aliphatic carbocycles. The molecule has 21 heavy (non-hydrogen) atoms. The van der Waals surface area contributed by atoms with E-state index in [1.807, 2.05) is 13.0 Å². The van der Waals surface area contributed by atoms with Crippen molar-refractivity contribution in [1.29, 1.82) is 0 Å². The SMILES string of the molecule is CCc1cc(Oc2cccc(C(=O)OC)c2N)ccc1Cl. The van der Waals surface area contributed by atoms with Crippen molar-refractivity contribution in [1.82, 2.24) is 0 Å². The predicted molar refractivity (Wildman–Crippen MR) is 83.1 cm³/mol. The van der Waals surface area contributed by atoms with Gasteiger partial charge in [0.05, 0.1) is 18.4 Å². The largest absolute Gasteiger partial charge is 0.465 e. The van der Waals surface area contributed by atoms with Crippen molar-refractivity contribution in [2.45, 2.75) is 13.3 Å². The van der Waals surface area contributed by atoms with E-state index in [1.54, 1.807) is 30.3 Å². The van der Waals surface area contributed by atoms with Gasteiger partial charge in [-0.05, 0) is 42.3 Å². The van der Waals surface area contributed by atoms with Crippen molar-refractivity contribution in [3.8, 4) is 11.5 Å². The first-order valence-electron chi connectivity index (χ1n) is 6.50. The summed E-state index contributed by atoms with van der Waals surface area (Å²) in [5.41, 5.74) is 7.46. The van der Waals surface area contributed by atoms with Crippen LogP contribution in [0.25, 0.3) is 0 Å². The van der Waals surface area contributed by atoms with Crippen LogP contribution in [0.2, 0.25) is 5.02 Å². The van der Waals surface area contributed by atoms with Gasteiger partial charge in [-0.1, -0.05) is 24.6 Å². The standard InChI is InChI=1S/C16H16ClNO3/c1-3-10-9-11(7-8-13(10)17)21-14-6-4-5-12(15(14)18)16(19)20-2/h4-9H,3,18H2,1-2H3. The summed E-state index contributed by atoms with van der Waals surface area (Å²) < 4.78 is 10.4. The first-order chi connectivity index (χ1) is 10.1. The van der Waals surface area contributed by atoms with Crippen LogP contribution < -0.4 is 10.5 Å². The fourth-order valence-corrected chi connectivity index (χ4v) is 2.18. The molecule has 0 saturated heterocycles. The van der Waals surface area contributed by atoms with Gasteiger partial charge >= 0.3 is 5.97 Å². The first kappa shape index (κ1) is 15.2. The molecule has 110 valence electrons. The number of anilines is 1. The van der Waals surface area contributed by atoms with E-state index in [1.165, 1.54) is 7.11 Å². The Morgan fingerprint density at radius 2 is 2.05 bits per heavy atom. The molecule has 0 unspecified atom stereocenters. The average Bonchev–Trinajstić information content (AvgIpc) is 2.50. The summed E-state index contributed by atoms with van der Waals surface area (Å²) in [6.45, 7) is 2.01. The number of para-hydroxylation sites is 1. The summed E-state index contributed by atoms with van der Waals surface area (Å²) in [6.07, 6.45) is 0.799. The van der Waals surface area contributed by atoms with Crippen molar-refractivity contribution < 1.29 is 14.3 Å². The van der Waals surface area contributed by atoms with E-state index >= 15 is 0 Å². The van der Waals surface area contributed by atoms with Crippen LogP contribution in [0.1, 0.15) is 22.8 Å². The Balaban J connectivity index is 2.34.